The molecule has 0 fully saturated rings. The maximum Gasteiger partial charge on any atom is 0.0520 e. The van der Waals surface area contributed by atoms with E-state index >= 15 is 0 Å². The Morgan fingerprint density at radius 1 is 1.58 bits per heavy atom. The summed E-state index contributed by atoms with van der Waals surface area (Å²) in [5.74, 6) is 0.700. The zero-order valence-corrected chi connectivity index (χ0v) is 8.38. The molecule has 1 rings (SSSR count). The Hall–Kier alpha value is -0.700. The van der Waals surface area contributed by atoms with Gasteiger partial charge in [0.25, 0.3) is 0 Å². The monoisotopic (exact) mass is 182 g/mol. The molecule has 0 aliphatic rings. The maximum atomic E-state index is 4.17. The third-order valence-corrected chi connectivity index (χ3v) is 2.20. The second kappa shape index (κ2) is 4.36. The van der Waals surface area contributed by atoms with Crippen molar-refractivity contribution in [3.63, 3.8) is 0 Å². The number of aromatic nitrogens is 1. The molecule has 0 bridgehead atoms. The SMILES string of the molecule is CCN(C)c1ccnc(CS)c1. The van der Waals surface area contributed by atoms with Crippen LogP contribution in [0.4, 0.5) is 5.69 Å². The summed E-state index contributed by atoms with van der Waals surface area (Å²) in [6.45, 7) is 3.14. The van der Waals surface area contributed by atoms with Crippen LogP contribution in [0, 0.1) is 0 Å². The van der Waals surface area contributed by atoms with Crippen LogP contribution < -0.4 is 4.90 Å². The van der Waals surface area contributed by atoms with Gasteiger partial charge in [-0.1, -0.05) is 0 Å². The van der Waals surface area contributed by atoms with Gasteiger partial charge in [0, 0.05) is 31.2 Å². The van der Waals surface area contributed by atoms with E-state index in [1.807, 2.05) is 12.3 Å². The number of hydrogen-bond donors (Lipinski definition) is 1. The summed E-state index contributed by atoms with van der Waals surface area (Å²) in [7, 11) is 2.07. The van der Waals surface area contributed by atoms with Crippen molar-refractivity contribution in [1.29, 1.82) is 0 Å². The summed E-state index contributed by atoms with van der Waals surface area (Å²) >= 11 is 4.17. The van der Waals surface area contributed by atoms with Gasteiger partial charge in [0.15, 0.2) is 0 Å². The van der Waals surface area contributed by atoms with Crippen molar-refractivity contribution in [2.75, 3.05) is 18.5 Å². The van der Waals surface area contributed by atoms with Crippen molar-refractivity contribution in [1.82, 2.24) is 4.98 Å². The number of nitrogens with zero attached hydrogens (tertiary/aromatic N) is 2. The van der Waals surface area contributed by atoms with Gasteiger partial charge < -0.3 is 4.90 Å². The first-order valence-corrected chi connectivity index (χ1v) is 4.68. The zero-order valence-electron chi connectivity index (χ0n) is 7.49. The lowest BCUT2D eigenvalue weighted by atomic mass is 10.3. The molecule has 0 aliphatic carbocycles. The van der Waals surface area contributed by atoms with Gasteiger partial charge in [-0.15, -0.1) is 0 Å². The molecule has 1 aromatic rings. The molecule has 0 unspecified atom stereocenters. The fraction of sp³-hybridized carbons (Fsp3) is 0.444. The smallest absolute Gasteiger partial charge is 0.0520 e. The van der Waals surface area contributed by atoms with Crippen LogP contribution >= 0.6 is 12.6 Å². The predicted octanol–water partition coefficient (Wildman–Crippen LogP) is 1.97. The summed E-state index contributed by atoms with van der Waals surface area (Å²) in [6, 6.07) is 4.08. The van der Waals surface area contributed by atoms with Crippen molar-refractivity contribution < 1.29 is 0 Å². The topological polar surface area (TPSA) is 16.1 Å². The van der Waals surface area contributed by atoms with E-state index in [2.05, 4.69) is 42.6 Å². The fourth-order valence-corrected chi connectivity index (χ4v) is 1.14. The number of pyridine rings is 1. The quantitative estimate of drug-likeness (QED) is 0.719. The van der Waals surface area contributed by atoms with Crippen LogP contribution in [0.5, 0.6) is 0 Å². The molecular weight excluding hydrogens is 168 g/mol. The Kier molecular flexibility index (Phi) is 3.41. The van der Waals surface area contributed by atoms with Gasteiger partial charge in [0.1, 0.15) is 0 Å². The van der Waals surface area contributed by atoms with Crippen LogP contribution in [-0.2, 0) is 5.75 Å². The Labute approximate surface area is 79.0 Å². The van der Waals surface area contributed by atoms with Gasteiger partial charge >= 0.3 is 0 Å². The molecule has 0 aliphatic heterocycles. The molecule has 0 radical (unpaired) electrons. The first kappa shape index (κ1) is 9.39. The van der Waals surface area contributed by atoms with Crippen LogP contribution in [-0.4, -0.2) is 18.6 Å². The predicted molar refractivity (Wildman–Crippen MR) is 55.9 cm³/mol. The van der Waals surface area contributed by atoms with Gasteiger partial charge in [-0.25, -0.2) is 0 Å². The molecule has 0 saturated carbocycles. The minimum atomic E-state index is 0.700. The molecular formula is C9H14N2S. The highest BCUT2D eigenvalue weighted by Crippen LogP contribution is 2.13. The lowest BCUT2D eigenvalue weighted by Gasteiger charge is -2.16. The van der Waals surface area contributed by atoms with E-state index in [0.717, 1.165) is 12.2 Å². The lowest BCUT2D eigenvalue weighted by Crippen LogP contribution is -2.15. The van der Waals surface area contributed by atoms with E-state index < -0.39 is 0 Å². The van der Waals surface area contributed by atoms with Crippen molar-refractivity contribution >= 4 is 18.3 Å². The minimum absolute atomic E-state index is 0.700. The Morgan fingerprint density at radius 2 is 2.33 bits per heavy atom. The summed E-state index contributed by atoms with van der Waals surface area (Å²) < 4.78 is 0. The highest BCUT2D eigenvalue weighted by Gasteiger charge is 1.98. The minimum Gasteiger partial charge on any atom is -0.375 e. The normalized spacial score (nSPS) is 9.92. The summed E-state index contributed by atoms with van der Waals surface area (Å²) in [4.78, 5) is 6.35. The highest BCUT2D eigenvalue weighted by atomic mass is 32.1. The molecule has 3 heteroatoms. The van der Waals surface area contributed by atoms with Gasteiger partial charge in [-0.05, 0) is 19.1 Å². The first-order valence-electron chi connectivity index (χ1n) is 4.05. The Bertz CT molecular complexity index is 250. The molecule has 0 spiro atoms. The average Bonchev–Trinajstić information content (AvgIpc) is 2.17. The molecule has 2 nitrogen and oxygen atoms in total. The maximum absolute atomic E-state index is 4.17. The first-order chi connectivity index (χ1) is 5.77. The average molecular weight is 182 g/mol. The highest BCUT2D eigenvalue weighted by molar-refractivity contribution is 7.79. The Morgan fingerprint density at radius 3 is 2.92 bits per heavy atom. The lowest BCUT2D eigenvalue weighted by molar-refractivity contribution is 0.960. The van der Waals surface area contributed by atoms with Crippen molar-refractivity contribution in [2.24, 2.45) is 0 Å². The molecule has 0 N–H and O–H groups in total. The number of thiol groups is 1. The van der Waals surface area contributed by atoms with Crippen molar-refractivity contribution in [3.05, 3.63) is 24.0 Å². The molecule has 0 saturated heterocycles. The van der Waals surface area contributed by atoms with Gasteiger partial charge in [0.05, 0.1) is 5.69 Å². The number of rotatable bonds is 3. The van der Waals surface area contributed by atoms with Gasteiger partial charge in [-0.3, -0.25) is 4.98 Å². The van der Waals surface area contributed by atoms with Crippen LogP contribution in [0.25, 0.3) is 0 Å². The molecule has 1 aromatic heterocycles. The van der Waals surface area contributed by atoms with Gasteiger partial charge in [0.2, 0.25) is 0 Å². The van der Waals surface area contributed by atoms with Crippen LogP contribution in [0.2, 0.25) is 0 Å². The van der Waals surface area contributed by atoms with E-state index in [0.29, 0.717) is 5.75 Å². The fourth-order valence-electron chi connectivity index (χ4n) is 0.972. The zero-order chi connectivity index (χ0) is 8.97. The molecule has 0 amide bonds. The largest absolute Gasteiger partial charge is 0.375 e. The molecule has 0 aromatic carbocycles. The summed E-state index contributed by atoms with van der Waals surface area (Å²) in [5.41, 5.74) is 2.23. The number of hydrogen-bond acceptors (Lipinski definition) is 3. The molecule has 1 heterocycles. The summed E-state index contributed by atoms with van der Waals surface area (Å²) in [6.07, 6.45) is 1.83. The molecule has 12 heavy (non-hydrogen) atoms. The van der Waals surface area contributed by atoms with E-state index in [-0.39, 0.29) is 0 Å². The third kappa shape index (κ3) is 2.14. The van der Waals surface area contributed by atoms with Gasteiger partial charge in [-0.2, -0.15) is 12.6 Å². The second-order valence-electron chi connectivity index (χ2n) is 2.68. The number of anilines is 1. The van der Waals surface area contributed by atoms with Crippen LogP contribution in [0.15, 0.2) is 18.3 Å². The molecule has 0 atom stereocenters. The van der Waals surface area contributed by atoms with E-state index in [4.69, 9.17) is 0 Å². The summed E-state index contributed by atoms with van der Waals surface area (Å²) in [5, 5.41) is 0. The van der Waals surface area contributed by atoms with E-state index in [9.17, 15) is 0 Å². The second-order valence-corrected chi connectivity index (χ2v) is 2.99. The van der Waals surface area contributed by atoms with Crippen molar-refractivity contribution in [2.45, 2.75) is 12.7 Å². The van der Waals surface area contributed by atoms with Crippen LogP contribution in [0.1, 0.15) is 12.6 Å². The standard InChI is InChI=1S/C9H14N2S/c1-3-11(2)9-4-5-10-8(6-9)7-12/h4-6,12H,3,7H2,1-2H3. The van der Waals surface area contributed by atoms with Crippen LogP contribution in [0.3, 0.4) is 0 Å². The van der Waals surface area contributed by atoms with E-state index in [1.54, 1.807) is 0 Å². The van der Waals surface area contributed by atoms with Crippen molar-refractivity contribution in [3.8, 4) is 0 Å². The third-order valence-electron chi connectivity index (χ3n) is 1.88. The Balaban J connectivity index is 2.86. The molecule has 66 valence electrons. The van der Waals surface area contributed by atoms with E-state index in [1.165, 1.54) is 5.69 Å².